The number of nitrogens with zero attached hydrogens (tertiary/aromatic N) is 2. The molecule has 124 valence electrons. The fourth-order valence-electron chi connectivity index (χ4n) is 2.24. The predicted molar refractivity (Wildman–Crippen MR) is 85.7 cm³/mol. The minimum absolute atomic E-state index is 0.225. The van der Waals surface area contributed by atoms with Gasteiger partial charge >= 0.3 is 5.69 Å². The average Bonchev–Trinajstić information content (AvgIpc) is 2.55. The molecule has 2 heterocycles. The normalized spacial score (nSPS) is 10.9. The quantitative estimate of drug-likeness (QED) is 0.712. The lowest BCUT2D eigenvalue weighted by Gasteiger charge is -2.09. The van der Waals surface area contributed by atoms with Crippen LogP contribution in [0.25, 0.3) is 11.0 Å². The van der Waals surface area contributed by atoms with Gasteiger partial charge in [0, 0.05) is 33.0 Å². The van der Waals surface area contributed by atoms with Crippen molar-refractivity contribution in [2.75, 3.05) is 20.3 Å². The van der Waals surface area contributed by atoms with Gasteiger partial charge in [-0.1, -0.05) is 6.92 Å². The summed E-state index contributed by atoms with van der Waals surface area (Å²) < 4.78 is 6.31. The molecule has 0 atom stereocenters. The third kappa shape index (κ3) is 3.84. The molecule has 0 aliphatic carbocycles. The predicted octanol–water partition coefficient (Wildman–Crippen LogP) is 0.261. The molecule has 0 spiro atoms. The van der Waals surface area contributed by atoms with Crippen LogP contribution in [0.2, 0.25) is 0 Å². The summed E-state index contributed by atoms with van der Waals surface area (Å²) in [5.41, 5.74) is -0.467. The molecule has 0 fully saturated rings. The summed E-state index contributed by atoms with van der Waals surface area (Å²) in [6.45, 7) is 3.39. The van der Waals surface area contributed by atoms with Crippen molar-refractivity contribution in [2.45, 2.75) is 26.3 Å². The van der Waals surface area contributed by atoms with E-state index in [-0.39, 0.29) is 22.5 Å². The maximum Gasteiger partial charge on any atom is 0.329 e. The summed E-state index contributed by atoms with van der Waals surface area (Å²) >= 11 is 0. The van der Waals surface area contributed by atoms with Gasteiger partial charge in [0.2, 0.25) is 0 Å². The number of amides is 1. The van der Waals surface area contributed by atoms with E-state index in [1.807, 2.05) is 6.92 Å². The number of rotatable bonds is 7. The second kappa shape index (κ2) is 7.68. The summed E-state index contributed by atoms with van der Waals surface area (Å²) in [6.07, 6.45) is 2.80. The molecule has 0 radical (unpaired) electrons. The maximum absolute atomic E-state index is 12.1. The van der Waals surface area contributed by atoms with Crippen LogP contribution in [0.15, 0.2) is 21.9 Å². The summed E-state index contributed by atoms with van der Waals surface area (Å²) in [6, 6.07) is 1.46. The Hall–Kier alpha value is -2.48. The van der Waals surface area contributed by atoms with Crippen molar-refractivity contribution < 1.29 is 9.53 Å². The lowest BCUT2D eigenvalue weighted by molar-refractivity contribution is 0.0948. The van der Waals surface area contributed by atoms with Gasteiger partial charge in [0.05, 0.1) is 10.9 Å². The molecule has 2 aromatic rings. The molecule has 0 saturated heterocycles. The highest BCUT2D eigenvalue weighted by Crippen LogP contribution is 2.08. The van der Waals surface area contributed by atoms with E-state index in [4.69, 9.17) is 4.74 Å². The van der Waals surface area contributed by atoms with Crippen molar-refractivity contribution in [1.29, 1.82) is 0 Å². The van der Waals surface area contributed by atoms with Crippen LogP contribution in [0.5, 0.6) is 0 Å². The van der Waals surface area contributed by atoms with Crippen molar-refractivity contribution >= 4 is 16.9 Å². The van der Waals surface area contributed by atoms with E-state index < -0.39 is 11.2 Å². The zero-order valence-electron chi connectivity index (χ0n) is 13.2. The Balaban J connectivity index is 2.33. The highest BCUT2D eigenvalue weighted by molar-refractivity contribution is 5.96. The maximum atomic E-state index is 12.1. The largest absolute Gasteiger partial charge is 0.385 e. The van der Waals surface area contributed by atoms with Crippen LogP contribution in [-0.2, 0) is 11.3 Å². The number of ether oxygens (including phenoxy) is 1. The lowest BCUT2D eigenvalue weighted by atomic mass is 10.2. The van der Waals surface area contributed by atoms with E-state index in [1.165, 1.54) is 16.8 Å². The number of aromatic nitrogens is 3. The van der Waals surface area contributed by atoms with Gasteiger partial charge in [-0.05, 0) is 18.9 Å². The molecule has 0 aliphatic rings. The first-order chi connectivity index (χ1) is 11.1. The van der Waals surface area contributed by atoms with Gasteiger partial charge in [0.25, 0.3) is 11.5 Å². The number of aromatic amines is 1. The molecular formula is C15H20N4O4. The van der Waals surface area contributed by atoms with E-state index in [2.05, 4.69) is 15.3 Å². The highest BCUT2D eigenvalue weighted by Gasteiger charge is 2.12. The number of nitrogens with one attached hydrogen (secondary N) is 2. The molecule has 2 N–H and O–H groups in total. The van der Waals surface area contributed by atoms with Crippen LogP contribution in [-0.4, -0.2) is 40.7 Å². The number of fused-ring (bicyclic) bond motifs is 1. The molecule has 23 heavy (non-hydrogen) atoms. The van der Waals surface area contributed by atoms with Crippen molar-refractivity contribution in [1.82, 2.24) is 19.9 Å². The first-order valence-corrected chi connectivity index (χ1v) is 7.48. The lowest BCUT2D eigenvalue weighted by Crippen LogP contribution is -2.31. The topological polar surface area (TPSA) is 106 Å². The van der Waals surface area contributed by atoms with Gasteiger partial charge in [-0.3, -0.25) is 19.1 Å². The van der Waals surface area contributed by atoms with E-state index in [9.17, 15) is 14.4 Å². The van der Waals surface area contributed by atoms with Crippen LogP contribution in [0.1, 0.15) is 30.1 Å². The SMILES string of the molecule is CCCn1c(=O)[nH]c(=O)c2cc(C(=O)NCCCOC)cnc21. The molecule has 2 aromatic heterocycles. The molecule has 0 saturated carbocycles. The Morgan fingerprint density at radius 1 is 1.43 bits per heavy atom. The van der Waals surface area contributed by atoms with Crippen LogP contribution in [0.4, 0.5) is 0 Å². The van der Waals surface area contributed by atoms with E-state index in [1.54, 1.807) is 7.11 Å². The minimum Gasteiger partial charge on any atom is -0.385 e. The summed E-state index contributed by atoms with van der Waals surface area (Å²) in [5, 5.41) is 2.95. The summed E-state index contributed by atoms with van der Waals surface area (Å²) in [7, 11) is 1.59. The average molecular weight is 320 g/mol. The zero-order valence-corrected chi connectivity index (χ0v) is 13.2. The molecular weight excluding hydrogens is 300 g/mol. The number of methoxy groups -OCH3 is 1. The number of hydrogen-bond acceptors (Lipinski definition) is 5. The molecule has 0 bridgehead atoms. The van der Waals surface area contributed by atoms with Crippen LogP contribution in [0, 0.1) is 0 Å². The monoisotopic (exact) mass is 320 g/mol. The number of carbonyl (C=O) groups excluding carboxylic acids is 1. The second-order valence-electron chi connectivity index (χ2n) is 5.11. The number of pyridine rings is 1. The van der Waals surface area contributed by atoms with Crippen LogP contribution >= 0.6 is 0 Å². The fourth-order valence-corrected chi connectivity index (χ4v) is 2.24. The molecule has 0 aliphatic heterocycles. The van der Waals surface area contributed by atoms with E-state index in [0.29, 0.717) is 26.1 Å². The van der Waals surface area contributed by atoms with Crippen molar-refractivity contribution in [3.05, 3.63) is 38.7 Å². The van der Waals surface area contributed by atoms with Crippen molar-refractivity contribution in [2.24, 2.45) is 0 Å². The fraction of sp³-hybridized carbons (Fsp3) is 0.467. The molecule has 1 amide bonds. The van der Waals surface area contributed by atoms with Crippen LogP contribution < -0.4 is 16.6 Å². The van der Waals surface area contributed by atoms with Gasteiger partial charge in [0.15, 0.2) is 0 Å². The third-order valence-electron chi connectivity index (χ3n) is 3.35. The first-order valence-electron chi connectivity index (χ1n) is 7.48. The van der Waals surface area contributed by atoms with Gasteiger partial charge in [0.1, 0.15) is 5.65 Å². The van der Waals surface area contributed by atoms with Gasteiger partial charge < -0.3 is 10.1 Å². The van der Waals surface area contributed by atoms with Crippen LogP contribution in [0.3, 0.4) is 0 Å². The molecule has 2 rings (SSSR count). The Labute approximate surface area is 132 Å². The number of H-pyrrole nitrogens is 1. The van der Waals surface area contributed by atoms with Gasteiger partial charge in [-0.15, -0.1) is 0 Å². The third-order valence-corrected chi connectivity index (χ3v) is 3.35. The molecule has 0 unspecified atom stereocenters. The number of hydrogen-bond donors (Lipinski definition) is 2. The minimum atomic E-state index is -0.543. The second-order valence-corrected chi connectivity index (χ2v) is 5.11. The standard InChI is InChI=1S/C15H20N4O4/c1-3-6-19-12-11(14(21)18-15(19)22)8-10(9-17-12)13(20)16-5-4-7-23-2/h8-9H,3-7H2,1-2H3,(H,16,20)(H,18,21,22). The first kappa shape index (κ1) is 16.9. The Bertz CT molecular complexity index is 809. The summed E-state index contributed by atoms with van der Waals surface area (Å²) in [5.74, 6) is -0.317. The smallest absolute Gasteiger partial charge is 0.329 e. The highest BCUT2D eigenvalue weighted by atomic mass is 16.5. The summed E-state index contributed by atoms with van der Waals surface area (Å²) in [4.78, 5) is 42.3. The zero-order chi connectivity index (χ0) is 16.8. The Morgan fingerprint density at radius 3 is 2.91 bits per heavy atom. The molecule has 0 aromatic carbocycles. The molecule has 8 heteroatoms. The van der Waals surface area contributed by atoms with Crippen molar-refractivity contribution in [3.8, 4) is 0 Å². The Kier molecular flexibility index (Phi) is 5.64. The number of carbonyl (C=O) groups is 1. The van der Waals surface area contributed by atoms with E-state index in [0.717, 1.165) is 6.42 Å². The Morgan fingerprint density at radius 2 is 2.22 bits per heavy atom. The van der Waals surface area contributed by atoms with Gasteiger partial charge in [-0.25, -0.2) is 9.78 Å². The van der Waals surface area contributed by atoms with Crippen molar-refractivity contribution in [3.63, 3.8) is 0 Å². The van der Waals surface area contributed by atoms with E-state index >= 15 is 0 Å². The molecule has 8 nitrogen and oxygen atoms in total. The van der Waals surface area contributed by atoms with Gasteiger partial charge in [-0.2, -0.15) is 0 Å². The number of aryl methyl sites for hydroxylation is 1.